The van der Waals surface area contributed by atoms with Crippen molar-refractivity contribution in [3.63, 3.8) is 0 Å². The van der Waals surface area contributed by atoms with E-state index in [2.05, 4.69) is 10.3 Å². The highest BCUT2D eigenvalue weighted by molar-refractivity contribution is 6.01. The molecule has 0 aliphatic heterocycles. The molecule has 0 spiro atoms. The highest BCUT2D eigenvalue weighted by Gasteiger charge is 2.31. The number of benzene rings is 2. The van der Waals surface area contributed by atoms with E-state index in [4.69, 9.17) is 0 Å². The molecule has 1 aromatic heterocycles. The summed E-state index contributed by atoms with van der Waals surface area (Å²) in [4.78, 5) is 17.2. The number of hydrogen-bond acceptors (Lipinski definition) is 2. The predicted octanol–water partition coefficient (Wildman–Crippen LogP) is 5.58. The first-order valence-electron chi connectivity index (χ1n) is 9.23. The fourth-order valence-corrected chi connectivity index (χ4v) is 3.31. The Morgan fingerprint density at radius 3 is 2.55 bits per heavy atom. The number of fused-ring (bicyclic) bond motifs is 1. The smallest absolute Gasteiger partial charge is 0.348 e. The van der Waals surface area contributed by atoms with E-state index in [1.54, 1.807) is 19.1 Å². The highest BCUT2D eigenvalue weighted by Crippen LogP contribution is 2.33. The Kier molecular flexibility index (Phi) is 5.86. The lowest BCUT2D eigenvalue weighted by Crippen LogP contribution is -2.25. The first-order chi connectivity index (χ1) is 13.7. The minimum absolute atomic E-state index is 0.132. The second kappa shape index (κ2) is 8.19. The molecule has 3 aromatic rings. The van der Waals surface area contributed by atoms with Crippen molar-refractivity contribution >= 4 is 16.8 Å². The number of alkyl halides is 3. The van der Waals surface area contributed by atoms with Crippen LogP contribution in [-0.2, 0) is 19.1 Å². The van der Waals surface area contributed by atoms with Crippen molar-refractivity contribution in [1.29, 1.82) is 0 Å². The Morgan fingerprint density at radius 2 is 1.90 bits per heavy atom. The van der Waals surface area contributed by atoms with Gasteiger partial charge in [0.2, 0.25) is 0 Å². The third kappa shape index (κ3) is 4.55. The van der Waals surface area contributed by atoms with Crippen molar-refractivity contribution in [3.05, 3.63) is 76.2 Å². The monoisotopic (exact) mass is 404 g/mol. The van der Waals surface area contributed by atoms with Gasteiger partial charge in [-0.05, 0) is 48.7 Å². The number of pyridine rings is 1. The molecule has 0 fully saturated rings. The molecule has 0 aliphatic rings. The summed E-state index contributed by atoms with van der Waals surface area (Å²) >= 11 is 0. The number of aromatic nitrogens is 1. The third-order valence-electron chi connectivity index (χ3n) is 4.70. The minimum atomic E-state index is -4.46. The summed E-state index contributed by atoms with van der Waals surface area (Å²) in [5.74, 6) is -0.781. The fraction of sp³-hybridized carbons (Fsp3) is 0.273. The van der Waals surface area contributed by atoms with Crippen LogP contribution in [0.1, 0.15) is 46.1 Å². The number of carbonyl (C=O) groups is 1. The van der Waals surface area contributed by atoms with Crippen molar-refractivity contribution in [3.8, 4) is 0 Å². The topological polar surface area (TPSA) is 42.0 Å². The molecule has 0 atom stereocenters. The standard InChI is InChI=1S/C22H20F4N2O/c1-3-5-18-20(21(29)27-12-14-6-4-7-16(23)10-14)13(2)17-9-8-15(22(24,25)26)11-19(17)28-18/h4,6-11H,3,5,12H2,1-2H3,(H,27,29). The molecule has 0 unspecified atom stereocenters. The predicted molar refractivity (Wildman–Crippen MR) is 103 cm³/mol. The Morgan fingerprint density at radius 1 is 1.14 bits per heavy atom. The van der Waals surface area contributed by atoms with E-state index in [1.807, 2.05) is 6.92 Å². The van der Waals surface area contributed by atoms with Gasteiger partial charge in [0.1, 0.15) is 5.82 Å². The molecule has 3 rings (SSSR count). The summed E-state index contributed by atoms with van der Waals surface area (Å²) in [6.45, 7) is 3.74. The largest absolute Gasteiger partial charge is 0.416 e. The maximum absolute atomic E-state index is 13.3. The normalized spacial score (nSPS) is 11.7. The van der Waals surface area contributed by atoms with Gasteiger partial charge in [-0.25, -0.2) is 4.39 Å². The van der Waals surface area contributed by atoms with Gasteiger partial charge in [0.15, 0.2) is 0 Å². The van der Waals surface area contributed by atoms with Crippen LogP contribution in [0.3, 0.4) is 0 Å². The Bertz CT molecular complexity index is 1060. The average Bonchev–Trinajstić information content (AvgIpc) is 2.65. The molecule has 0 bridgehead atoms. The van der Waals surface area contributed by atoms with Gasteiger partial charge in [0, 0.05) is 11.9 Å². The molecule has 0 radical (unpaired) electrons. The molecule has 29 heavy (non-hydrogen) atoms. The van der Waals surface area contributed by atoms with Gasteiger partial charge in [-0.2, -0.15) is 13.2 Å². The molecule has 3 nitrogen and oxygen atoms in total. The number of nitrogens with one attached hydrogen (secondary N) is 1. The average molecular weight is 404 g/mol. The maximum Gasteiger partial charge on any atom is 0.416 e. The van der Waals surface area contributed by atoms with Crippen molar-refractivity contribution < 1.29 is 22.4 Å². The molecule has 152 valence electrons. The number of rotatable bonds is 5. The zero-order valence-electron chi connectivity index (χ0n) is 16.0. The van der Waals surface area contributed by atoms with Crippen LogP contribution in [0.4, 0.5) is 17.6 Å². The quantitative estimate of drug-likeness (QED) is 0.564. The zero-order chi connectivity index (χ0) is 21.2. The third-order valence-corrected chi connectivity index (χ3v) is 4.70. The second-order valence-corrected chi connectivity index (χ2v) is 6.85. The summed E-state index contributed by atoms with van der Waals surface area (Å²) in [7, 11) is 0. The molecule has 1 N–H and O–H groups in total. The van der Waals surface area contributed by atoms with Crippen LogP contribution in [0, 0.1) is 12.7 Å². The minimum Gasteiger partial charge on any atom is -0.348 e. The number of aryl methyl sites for hydroxylation is 2. The van der Waals surface area contributed by atoms with Gasteiger partial charge in [0.25, 0.3) is 5.91 Å². The van der Waals surface area contributed by atoms with E-state index in [-0.39, 0.29) is 18.0 Å². The Labute approximate surface area is 165 Å². The summed E-state index contributed by atoms with van der Waals surface area (Å²) in [6.07, 6.45) is -3.33. The van der Waals surface area contributed by atoms with E-state index < -0.39 is 17.6 Å². The second-order valence-electron chi connectivity index (χ2n) is 6.85. The molecule has 0 saturated heterocycles. The SMILES string of the molecule is CCCc1nc2cc(C(F)(F)F)ccc2c(C)c1C(=O)NCc1cccc(F)c1. The van der Waals surface area contributed by atoms with Crippen LogP contribution in [0.25, 0.3) is 10.9 Å². The zero-order valence-corrected chi connectivity index (χ0v) is 16.0. The van der Waals surface area contributed by atoms with Crippen LogP contribution >= 0.6 is 0 Å². The van der Waals surface area contributed by atoms with Crippen LogP contribution in [0.5, 0.6) is 0 Å². The fourth-order valence-electron chi connectivity index (χ4n) is 3.31. The van der Waals surface area contributed by atoms with Gasteiger partial charge in [-0.15, -0.1) is 0 Å². The van der Waals surface area contributed by atoms with Crippen LogP contribution in [-0.4, -0.2) is 10.9 Å². The summed E-state index contributed by atoms with van der Waals surface area (Å²) in [5.41, 5.74) is 1.43. The van der Waals surface area contributed by atoms with Gasteiger partial charge >= 0.3 is 6.18 Å². The van der Waals surface area contributed by atoms with E-state index in [0.29, 0.717) is 40.6 Å². The lowest BCUT2D eigenvalue weighted by Gasteiger charge is -2.16. The number of hydrogen-bond donors (Lipinski definition) is 1. The van der Waals surface area contributed by atoms with Crippen molar-refractivity contribution in [2.45, 2.75) is 39.4 Å². The lowest BCUT2D eigenvalue weighted by atomic mass is 9.97. The Balaban J connectivity index is 2.00. The first-order valence-corrected chi connectivity index (χ1v) is 9.23. The van der Waals surface area contributed by atoms with Crippen molar-refractivity contribution in [1.82, 2.24) is 10.3 Å². The highest BCUT2D eigenvalue weighted by atomic mass is 19.4. The molecule has 1 amide bonds. The molecular weight excluding hydrogens is 384 g/mol. The summed E-state index contributed by atoms with van der Waals surface area (Å²) in [6, 6.07) is 9.25. The maximum atomic E-state index is 13.3. The summed E-state index contributed by atoms with van der Waals surface area (Å²) in [5, 5.41) is 3.25. The number of nitrogens with zero attached hydrogens (tertiary/aromatic N) is 1. The molecule has 0 aliphatic carbocycles. The number of carbonyl (C=O) groups excluding carboxylic acids is 1. The molecule has 1 heterocycles. The van der Waals surface area contributed by atoms with Crippen molar-refractivity contribution in [2.75, 3.05) is 0 Å². The van der Waals surface area contributed by atoms with Crippen LogP contribution in [0.15, 0.2) is 42.5 Å². The molecule has 7 heteroatoms. The first kappa shape index (κ1) is 20.8. The lowest BCUT2D eigenvalue weighted by molar-refractivity contribution is -0.137. The Hall–Kier alpha value is -2.96. The molecule has 0 saturated carbocycles. The van der Waals surface area contributed by atoms with E-state index in [0.717, 1.165) is 12.1 Å². The van der Waals surface area contributed by atoms with E-state index in [9.17, 15) is 22.4 Å². The molecule has 2 aromatic carbocycles. The number of halogens is 4. The van der Waals surface area contributed by atoms with Gasteiger partial charge in [-0.1, -0.05) is 31.5 Å². The van der Waals surface area contributed by atoms with Gasteiger partial charge in [0.05, 0.1) is 22.3 Å². The van der Waals surface area contributed by atoms with Crippen LogP contribution in [0.2, 0.25) is 0 Å². The van der Waals surface area contributed by atoms with Gasteiger partial charge < -0.3 is 5.32 Å². The van der Waals surface area contributed by atoms with E-state index >= 15 is 0 Å². The van der Waals surface area contributed by atoms with Crippen LogP contribution < -0.4 is 5.32 Å². The van der Waals surface area contributed by atoms with Gasteiger partial charge in [-0.3, -0.25) is 9.78 Å². The van der Waals surface area contributed by atoms with E-state index in [1.165, 1.54) is 18.2 Å². The van der Waals surface area contributed by atoms with Crippen molar-refractivity contribution in [2.24, 2.45) is 0 Å². The summed E-state index contributed by atoms with van der Waals surface area (Å²) < 4.78 is 52.5. The molecular formula is C22H20F4N2O. The number of amides is 1.